The zero-order valence-corrected chi connectivity index (χ0v) is 26.2. The number of hydrogen-bond acceptors (Lipinski definition) is 4. The summed E-state index contributed by atoms with van der Waals surface area (Å²) >= 11 is 12.6. The zero-order valence-electron chi connectivity index (χ0n) is 23.9. The van der Waals surface area contributed by atoms with Gasteiger partial charge in [-0.1, -0.05) is 84.6 Å². The fraction of sp³-hybridized carbons (Fsp3) is 0.355. The van der Waals surface area contributed by atoms with E-state index in [1.54, 1.807) is 48.5 Å². The number of halogens is 5. The van der Waals surface area contributed by atoms with E-state index < -0.39 is 51.9 Å². The molecule has 1 unspecified atom stereocenters. The summed E-state index contributed by atoms with van der Waals surface area (Å²) in [4.78, 5) is 29.3. The Morgan fingerprint density at radius 2 is 1.59 bits per heavy atom. The number of hydrogen-bond donors (Lipinski definition) is 1. The van der Waals surface area contributed by atoms with E-state index in [2.05, 4.69) is 5.32 Å². The van der Waals surface area contributed by atoms with Crippen LogP contribution in [0.25, 0.3) is 0 Å². The molecule has 0 spiro atoms. The number of amides is 2. The quantitative estimate of drug-likeness (QED) is 0.253. The van der Waals surface area contributed by atoms with E-state index in [0.29, 0.717) is 21.0 Å². The average Bonchev–Trinajstić information content (AvgIpc) is 3.47. The molecule has 0 aromatic heterocycles. The van der Waals surface area contributed by atoms with Gasteiger partial charge in [-0.15, -0.1) is 0 Å². The fourth-order valence-corrected chi connectivity index (χ4v) is 6.52. The molecule has 1 aliphatic rings. The average molecular weight is 671 g/mol. The summed E-state index contributed by atoms with van der Waals surface area (Å²) in [5.41, 5.74) is -0.400. The molecule has 1 fully saturated rings. The van der Waals surface area contributed by atoms with Gasteiger partial charge >= 0.3 is 6.18 Å². The smallest absolute Gasteiger partial charge is 0.352 e. The lowest BCUT2D eigenvalue weighted by atomic mass is 10.0. The lowest BCUT2D eigenvalue weighted by molar-refractivity contribution is -0.140. The van der Waals surface area contributed by atoms with Gasteiger partial charge in [0.25, 0.3) is 0 Å². The lowest BCUT2D eigenvalue weighted by Gasteiger charge is -2.34. The summed E-state index contributed by atoms with van der Waals surface area (Å²) in [7, 11) is -4.33. The summed E-state index contributed by atoms with van der Waals surface area (Å²) in [6, 6.07) is 16.8. The van der Waals surface area contributed by atoms with Gasteiger partial charge in [-0.2, -0.15) is 13.2 Å². The van der Waals surface area contributed by atoms with Crippen molar-refractivity contribution >= 4 is 50.7 Å². The number of nitrogens with zero attached hydrogens (tertiary/aromatic N) is 2. The van der Waals surface area contributed by atoms with Crippen LogP contribution in [0, 0.1) is 0 Å². The van der Waals surface area contributed by atoms with Gasteiger partial charge in [-0.05, 0) is 48.2 Å². The Kier molecular flexibility index (Phi) is 10.9. The third kappa shape index (κ3) is 8.67. The summed E-state index contributed by atoms with van der Waals surface area (Å²) in [6.45, 7) is -1.08. The molecular weight excluding hydrogens is 638 g/mol. The molecule has 1 atom stereocenters. The van der Waals surface area contributed by atoms with Gasteiger partial charge in [0, 0.05) is 24.0 Å². The van der Waals surface area contributed by atoms with Crippen LogP contribution < -0.4 is 9.62 Å². The van der Waals surface area contributed by atoms with Crippen LogP contribution in [0.3, 0.4) is 0 Å². The van der Waals surface area contributed by atoms with Gasteiger partial charge in [0.2, 0.25) is 21.8 Å². The summed E-state index contributed by atoms with van der Waals surface area (Å²) in [5.74, 6) is -1.25. The normalized spacial score (nSPS) is 14.7. The van der Waals surface area contributed by atoms with Crippen molar-refractivity contribution in [1.29, 1.82) is 0 Å². The van der Waals surface area contributed by atoms with Gasteiger partial charge in [-0.25, -0.2) is 8.42 Å². The number of sulfonamides is 1. The van der Waals surface area contributed by atoms with E-state index in [0.717, 1.165) is 49.6 Å². The maximum Gasteiger partial charge on any atom is 0.416 e. The Balaban J connectivity index is 1.78. The number of anilines is 1. The number of carbonyl (C=O) groups excluding carboxylic acids is 2. The Hall–Kier alpha value is -3.28. The molecule has 1 aliphatic carbocycles. The van der Waals surface area contributed by atoms with Crippen molar-refractivity contribution in [3.8, 4) is 0 Å². The summed E-state index contributed by atoms with van der Waals surface area (Å²) in [6.07, 6.45) is -0.435. The Morgan fingerprint density at radius 1 is 0.955 bits per heavy atom. The van der Waals surface area contributed by atoms with Crippen LogP contribution >= 0.6 is 23.2 Å². The molecule has 0 saturated heterocycles. The third-order valence-electron chi connectivity index (χ3n) is 7.49. The van der Waals surface area contributed by atoms with E-state index in [4.69, 9.17) is 23.2 Å². The van der Waals surface area contributed by atoms with E-state index in [1.807, 2.05) is 6.07 Å². The molecule has 1 N–H and O–H groups in total. The van der Waals surface area contributed by atoms with Crippen molar-refractivity contribution in [1.82, 2.24) is 10.2 Å². The second-order valence-electron chi connectivity index (χ2n) is 10.7. The molecule has 1 saturated carbocycles. The first kappa shape index (κ1) is 33.6. The van der Waals surface area contributed by atoms with Crippen molar-refractivity contribution in [2.75, 3.05) is 17.1 Å². The van der Waals surface area contributed by atoms with Crippen molar-refractivity contribution in [3.63, 3.8) is 0 Å². The first-order chi connectivity index (χ1) is 20.7. The Morgan fingerprint density at radius 3 is 2.20 bits per heavy atom. The zero-order chi connectivity index (χ0) is 32.1. The minimum Gasteiger partial charge on any atom is -0.352 e. The van der Waals surface area contributed by atoms with Crippen LogP contribution in [0.15, 0.2) is 72.8 Å². The lowest BCUT2D eigenvalue weighted by Crippen LogP contribution is -2.54. The fourth-order valence-electron chi connectivity index (χ4n) is 5.21. The molecule has 3 aromatic rings. The van der Waals surface area contributed by atoms with Gasteiger partial charge in [0.1, 0.15) is 12.6 Å². The molecule has 7 nitrogen and oxygen atoms in total. The summed E-state index contributed by atoms with van der Waals surface area (Å²) < 4.78 is 67.1. The van der Waals surface area contributed by atoms with Crippen molar-refractivity contribution in [2.45, 2.75) is 56.9 Å². The molecule has 44 heavy (non-hydrogen) atoms. The first-order valence-electron chi connectivity index (χ1n) is 14.0. The minimum atomic E-state index is -4.79. The SMILES string of the molecule is CS(=O)(=O)N(CC(=O)N(Cc1ccccc1Cl)C(Cc1ccccc1)C(=O)NC1CCCC1)c1cc(C(F)(F)F)ccc1Cl. The van der Waals surface area contributed by atoms with Crippen LogP contribution in [0.5, 0.6) is 0 Å². The predicted octanol–water partition coefficient (Wildman–Crippen LogP) is 6.48. The monoisotopic (exact) mass is 669 g/mol. The molecule has 2 amide bonds. The highest BCUT2D eigenvalue weighted by Gasteiger charge is 2.36. The molecule has 236 valence electrons. The molecular formula is C31H32Cl2F3N3O4S. The van der Waals surface area contributed by atoms with Crippen LogP contribution in [-0.2, 0) is 38.8 Å². The van der Waals surface area contributed by atoms with E-state index in [-0.39, 0.29) is 24.0 Å². The van der Waals surface area contributed by atoms with E-state index in [1.165, 1.54) is 4.90 Å². The van der Waals surface area contributed by atoms with Crippen LogP contribution in [0.1, 0.15) is 42.4 Å². The summed E-state index contributed by atoms with van der Waals surface area (Å²) in [5, 5.41) is 3.06. The molecule has 0 heterocycles. The number of nitrogens with one attached hydrogen (secondary N) is 1. The maximum atomic E-state index is 14.2. The van der Waals surface area contributed by atoms with Crippen LogP contribution in [-0.4, -0.2) is 50.0 Å². The highest BCUT2D eigenvalue weighted by atomic mass is 35.5. The standard InChI is InChI=1S/C31H32Cl2F3N3O4S/c1-44(42,43)39(27-18-23(31(34,35)36)15-16-26(27)33)20-29(40)38(19-22-11-5-8-14-25(22)32)28(17-21-9-3-2-4-10-21)30(41)37-24-12-6-7-13-24/h2-5,8-11,14-16,18,24,28H,6-7,12-13,17,19-20H2,1H3,(H,37,41). The van der Waals surface area contributed by atoms with Crippen molar-refractivity contribution < 1.29 is 31.2 Å². The maximum absolute atomic E-state index is 14.2. The Labute approximate surface area is 265 Å². The molecule has 4 rings (SSSR count). The van der Waals surface area contributed by atoms with Gasteiger partial charge in [0.15, 0.2) is 0 Å². The molecule has 13 heteroatoms. The first-order valence-corrected chi connectivity index (χ1v) is 16.6. The Bertz CT molecular complexity index is 1580. The predicted molar refractivity (Wildman–Crippen MR) is 165 cm³/mol. The number of benzene rings is 3. The van der Waals surface area contributed by atoms with E-state index >= 15 is 0 Å². The number of alkyl halides is 3. The number of carbonyl (C=O) groups is 2. The molecule has 3 aromatic carbocycles. The second kappa shape index (κ2) is 14.2. The van der Waals surface area contributed by atoms with E-state index in [9.17, 15) is 31.2 Å². The highest BCUT2D eigenvalue weighted by molar-refractivity contribution is 7.92. The largest absolute Gasteiger partial charge is 0.416 e. The molecule has 0 aliphatic heterocycles. The number of rotatable bonds is 11. The highest BCUT2D eigenvalue weighted by Crippen LogP contribution is 2.36. The van der Waals surface area contributed by atoms with Crippen molar-refractivity contribution in [3.05, 3.63) is 99.5 Å². The van der Waals surface area contributed by atoms with Gasteiger partial charge in [-0.3, -0.25) is 13.9 Å². The van der Waals surface area contributed by atoms with Gasteiger partial charge in [0.05, 0.1) is 22.5 Å². The topological polar surface area (TPSA) is 86.8 Å². The van der Waals surface area contributed by atoms with Crippen LogP contribution in [0.2, 0.25) is 10.0 Å². The van der Waals surface area contributed by atoms with Gasteiger partial charge < -0.3 is 10.2 Å². The van der Waals surface area contributed by atoms with Crippen LogP contribution in [0.4, 0.5) is 18.9 Å². The molecule has 0 bridgehead atoms. The second-order valence-corrected chi connectivity index (χ2v) is 13.5. The third-order valence-corrected chi connectivity index (χ3v) is 9.31. The molecule has 0 radical (unpaired) electrons. The minimum absolute atomic E-state index is 0.0746. The van der Waals surface area contributed by atoms with Crippen molar-refractivity contribution in [2.24, 2.45) is 0 Å².